The highest BCUT2D eigenvalue weighted by Gasteiger charge is 2.35. The fourth-order valence-corrected chi connectivity index (χ4v) is 1.44. The zero-order valence-electron chi connectivity index (χ0n) is 10.5. The van der Waals surface area contributed by atoms with Crippen molar-refractivity contribution in [2.24, 2.45) is 0 Å². The molecular weight excluding hydrogens is 261 g/mol. The summed E-state index contributed by atoms with van der Waals surface area (Å²) in [7, 11) is 2.90. The summed E-state index contributed by atoms with van der Waals surface area (Å²) in [6.07, 6.45) is -3.02. The Labute approximate surface area is 108 Å². The topological polar surface area (TPSA) is 42.4 Å². The molecule has 0 aromatic carbocycles. The summed E-state index contributed by atoms with van der Waals surface area (Å²) < 4.78 is 43.5. The van der Waals surface area contributed by atoms with Gasteiger partial charge < -0.3 is 9.64 Å². The summed E-state index contributed by atoms with van der Waals surface area (Å²) in [5.41, 5.74) is -1.38. The van der Waals surface area contributed by atoms with Crippen molar-refractivity contribution in [3.63, 3.8) is 0 Å². The molecule has 2 rings (SSSR count). The zero-order valence-corrected chi connectivity index (χ0v) is 10.5. The number of pyridine rings is 1. The van der Waals surface area contributed by atoms with Gasteiger partial charge in [-0.15, -0.1) is 0 Å². The van der Waals surface area contributed by atoms with Gasteiger partial charge in [0.15, 0.2) is 0 Å². The van der Waals surface area contributed by atoms with Crippen LogP contribution >= 0.6 is 0 Å². The van der Waals surface area contributed by atoms with Crippen LogP contribution in [0.3, 0.4) is 0 Å². The molecular formula is C12H13F3N2O2. The van der Waals surface area contributed by atoms with Crippen LogP contribution in [0.15, 0.2) is 12.1 Å². The van der Waals surface area contributed by atoms with Crippen LogP contribution in [0.5, 0.6) is 5.75 Å². The van der Waals surface area contributed by atoms with Crippen LogP contribution in [0.4, 0.5) is 13.2 Å². The van der Waals surface area contributed by atoms with Crippen molar-refractivity contribution in [1.82, 2.24) is 9.88 Å². The second-order valence-electron chi connectivity index (χ2n) is 4.59. The number of alkyl halides is 3. The summed E-state index contributed by atoms with van der Waals surface area (Å²) in [6.45, 7) is 0. The summed E-state index contributed by atoms with van der Waals surface area (Å²) in [5, 5.41) is 0. The number of hydrogen-bond donors (Lipinski definition) is 0. The van der Waals surface area contributed by atoms with Gasteiger partial charge in [-0.3, -0.25) is 4.79 Å². The van der Waals surface area contributed by atoms with Gasteiger partial charge >= 0.3 is 6.18 Å². The largest absolute Gasteiger partial charge is 0.490 e. The molecule has 0 saturated heterocycles. The highest BCUT2D eigenvalue weighted by molar-refractivity contribution is 5.92. The smallest absolute Gasteiger partial charge is 0.433 e. The molecule has 0 N–H and O–H groups in total. The van der Waals surface area contributed by atoms with E-state index in [2.05, 4.69) is 4.98 Å². The van der Waals surface area contributed by atoms with Gasteiger partial charge in [0.1, 0.15) is 17.1 Å². The molecule has 0 unspecified atom stereocenters. The molecule has 0 aliphatic heterocycles. The molecule has 19 heavy (non-hydrogen) atoms. The van der Waals surface area contributed by atoms with Gasteiger partial charge in [0.25, 0.3) is 5.91 Å². The second-order valence-corrected chi connectivity index (χ2v) is 4.59. The molecule has 1 aliphatic carbocycles. The molecule has 0 bridgehead atoms. The number of carbonyl (C=O) groups is 1. The number of halogens is 3. The van der Waals surface area contributed by atoms with Gasteiger partial charge in [-0.2, -0.15) is 13.2 Å². The maximum Gasteiger partial charge on any atom is 0.433 e. The van der Waals surface area contributed by atoms with E-state index < -0.39 is 17.8 Å². The lowest BCUT2D eigenvalue weighted by molar-refractivity contribution is -0.141. The Kier molecular flexibility index (Phi) is 3.38. The lowest BCUT2D eigenvalue weighted by atomic mass is 10.2. The molecule has 4 nitrogen and oxygen atoms in total. The van der Waals surface area contributed by atoms with Crippen LogP contribution in [0.1, 0.15) is 29.0 Å². The highest BCUT2D eigenvalue weighted by atomic mass is 19.4. The van der Waals surface area contributed by atoms with Crippen LogP contribution < -0.4 is 4.74 Å². The van der Waals surface area contributed by atoms with Gasteiger partial charge in [0.05, 0.1) is 6.10 Å². The predicted octanol–water partition coefficient (Wildman–Crippen LogP) is 2.34. The number of nitrogens with zero attached hydrogens (tertiary/aromatic N) is 2. The Hall–Kier alpha value is -1.79. The zero-order chi connectivity index (χ0) is 14.2. The van der Waals surface area contributed by atoms with Crippen molar-refractivity contribution in [3.8, 4) is 5.75 Å². The van der Waals surface area contributed by atoms with Crippen molar-refractivity contribution in [2.75, 3.05) is 14.1 Å². The molecule has 1 aromatic heterocycles. The summed E-state index contributed by atoms with van der Waals surface area (Å²) in [5.74, 6) is -0.554. The standard InChI is InChI=1S/C12H13F3N2O2/c1-17(2)11(18)9-5-8(19-7-3-4-7)6-10(16-9)12(13,14)15/h5-7H,3-4H2,1-2H3. The Balaban J connectivity index is 2.38. The first kappa shape index (κ1) is 13.6. The van der Waals surface area contributed by atoms with Crippen LogP contribution in [0.2, 0.25) is 0 Å². The van der Waals surface area contributed by atoms with E-state index in [1.165, 1.54) is 25.1 Å². The third-order valence-electron chi connectivity index (χ3n) is 2.54. The number of hydrogen-bond acceptors (Lipinski definition) is 3. The minimum absolute atomic E-state index is 0.0371. The van der Waals surface area contributed by atoms with Crippen LogP contribution in [-0.4, -0.2) is 36.0 Å². The van der Waals surface area contributed by atoms with Crippen molar-refractivity contribution in [1.29, 1.82) is 0 Å². The Morgan fingerprint density at radius 1 is 1.37 bits per heavy atom. The van der Waals surface area contributed by atoms with Crippen molar-refractivity contribution in [3.05, 3.63) is 23.5 Å². The SMILES string of the molecule is CN(C)C(=O)c1cc(OC2CC2)cc(C(F)(F)F)n1. The number of amides is 1. The monoisotopic (exact) mass is 274 g/mol. The fraction of sp³-hybridized carbons (Fsp3) is 0.500. The van der Waals surface area contributed by atoms with Gasteiger partial charge in [0.2, 0.25) is 0 Å². The quantitative estimate of drug-likeness (QED) is 0.849. The molecule has 0 radical (unpaired) electrons. The lowest BCUT2D eigenvalue weighted by Crippen LogP contribution is -2.24. The van der Waals surface area contributed by atoms with Gasteiger partial charge in [-0.1, -0.05) is 0 Å². The molecule has 1 aliphatic rings. The first-order chi connectivity index (χ1) is 8.77. The number of carbonyl (C=O) groups excluding carboxylic acids is 1. The Bertz CT molecular complexity index is 496. The van der Waals surface area contributed by atoms with Crippen LogP contribution in [0.25, 0.3) is 0 Å². The van der Waals surface area contributed by atoms with Crippen LogP contribution in [-0.2, 0) is 6.18 Å². The molecule has 0 atom stereocenters. The van der Waals surface area contributed by atoms with E-state index in [1.807, 2.05) is 0 Å². The van der Waals surface area contributed by atoms with Crippen molar-refractivity contribution < 1.29 is 22.7 Å². The van der Waals surface area contributed by atoms with E-state index in [0.717, 1.165) is 18.9 Å². The number of rotatable bonds is 3. The third kappa shape index (κ3) is 3.36. The van der Waals surface area contributed by atoms with E-state index >= 15 is 0 Å². The number of ether oxygens (including phenoxy) is 1. The predicted molar refractivity (Wildman–Crippen MR) is 60.9 cm³/mol. The maximum atomic E-state index is 12.7. The van der Waals surface area contributed by atoms with Gasteiger partial charge in [-0.05, 0) is 12.8 Å². The summed E-state index contributed by atoms with van der Waals surface area (Å²) in [4.78, 5) is 16.2. The van der Waals surface area contributed by atoms with Crippen molar-refractivity contribution in [2.45, 2.75) is 25.1 Å². The third-order valence-corrected chi connectivity index (χ3v) is 2.54. The van der Waals surface area contributed by atoms with E-state index in [-0.39, 0.29) is 17.5 Å². The summed E-state index contributed by atoms with van der Waals surface area (Å²) >= 11 is 0. The molecule has 1 saturated carbocycles. The van der Waals surface area contributed by atoms with Gasteiger partial charge in [0, 0.05) is 26.2 Å². The minimum atomic E-state index is -4.61. The molecule has 0 spiro atoms. The minimum Gasteiger partial charge on any atom is -0.490 e. The maximum absolute atomic E-state index is 12.7. The second kappa shape index (κ2) is 4.71. The first-order valence-corrected chi connectivity index (χ1v) is 5.75. The Morgan fingerprint density at radius 2 is 2.00 bits per heavy atom. The molecule has 104 valence electrons. The average molecular weight is 274 g/mol. The van der Waals surface area contributed by atoms with E-state index in [1.54, 1.807) is 0 Å². The van der Waals surface area contributed by atoms with E-state index in [9.17, 15) is 18.0 Å². The normalized spacial score (nSPS) is 15.2. The van der Waals surface area contributed by atoms with E-state index in [0.29, 0.717) is 0 Å². The fourth-order valence-electron chi connectivity index (χ4n) is 1.44. The van der Waals surface area contributed by atoms with Gasteiger partial charge in [-0.25, -0.2) is 4.98 Å². The number of aromatic nitrogens is 1. The lowest BCUT2D eigenvalue weighted by Gasteiger charge is -2.14. The van der Waals surface area contributed by atoms with Crippen LogP contribution in [0, 0.1) is 0 Å². The highest BCUT2D eigenvalue weighted by Crippen LogP contribution is 2.33. The molecule has 1 aromatic rings. The molecule has 1 amide bonds. The Morgan fingerprint density at radius 3 is 2.47 bits per heavy atom. The molecule has 7 heteroatoms. The first-order valence-electron chi connectivity index (χ1n) is 5.75. The molecule has 1 fully saturated rings. The summed E-state index contributed by atoms with van der Waals surface area (Å²) in [6, 6.07) is 2.07. The average Bonchev–Trinajstić information content (AvgIpc) is 3.10. The molecule has 1 heterocycles. The van der Waals surface area contributed by atoms with Crippen molar-refractivity contribution >= 4 is 5.91 Å². The van der Waals surface area contributed by atoms with E-state index in [4.69, 9.17) is 4.74 Å².